The Bertz CT molecular complexity index is 234. The highest BCUT2D eigenvalue weighted by atomic mass is 32.1. The first-order valence-electron chi connectivity index (χ1n) is 4.56. The number of nitrogens with one attached hydrogen (secondary N) is 1. The molecule has 1 saturated heterocycles. The molecule has 0 saturated carbocycles. The second kappa shape index (κ2) is 3.19. The molecule has 1 aliphatic rings. The molecular formula is C10H15NS. The van der Waals surface area contributed by atoms with E-state index in [1.165, 1.54) is 25.9 Å². The summed E-state index contributed by atoms with van der Waals surface area (Å²) in [7, 11) is 0. The minimum atomic E-state index is 0.458. The number of rotatable bonds is 1. The average molecular weight is 181 g/mol. The van der Waals surface area contributed by atoms with Crippen LogP contribution in [0.4, 0.5) is 0 Å². The van der Waals surface area contributed by atoms with Crippen LogP contribution >= 0.6 is 11.3 Å². The summed E-state index contributed by atoms with van der Waals surface area (Å²) in [5.41, 5.74) is 0.458. The molecule has 1 nitrogen and oxygen atoms in total. The van der Waals surface area contributed by atoms with Gasteiger partial charge < -0.3 is 5.32 Å². The molecule has 0 spiro atoms. The molecule has 66 valence electrons. The van der Waals surface area contributed by atoms with Crippen LogP contribution in [0.15, 0.2) is 17.5 Å². The summed E-state index contributed by atoms with van der Waals surface area (Å²) in [6.45, 7) is 4.74. The Morgan fingerprint density at radius 1 is 1.42 bits per heavy atom. The molecule has 0 unspecified atom stereocenters. The molecule has 2 heterocycles. The summed E-state index contributed by atoms with van der Waals surface area (Å²) >= 11 is 1.90. The fraction of sp³-hybridized carbons (Fsp3) is 0.600. The third kappa shape index (κ3) is 1.41. The Morgan fingerprint density at radius 3 is 2.75 bits per heavy atom. The van der Waals surface area contributed by atoms with Gasteiger partial charge in [0, 0.05) is 10.3 Å². The Hall–Kier alpha value is -0.340. The normalized spacial score (nSPS) is 22.4. The quantitative estimate of drug-likeness (QED) is 0.701. The van der Waals surface area contributed by atoms with Crippen molar-refractivity contribution in [3.63, 3.8) is 0 Å². The molecule has 0 radical (unpaired) electrons. The van der Waals surface area contributed by atoms with Crippen molar-refractivity contribution in [3.8, 4) is 0 Å². The zero-order chi connectivity index (χ0) is 8.44. The fourth-order valence-corrected chi connectivity index (χ4v) is 2.80. The summed E-state index contributed by atoms with van der Waals surface area (Å²) in [6.07, 6.45) is 2.57. The van der Waals surface area contributed by atoms with Crippen molar-refractivity contribution < 1.29 is 0 Å². The lowest BCUT2D eigenvalue weighted by Gasteiger charge is -2.33. The van der Waals surface area contributed by atoms with Gasteiger partial charge in [0.25, 0.3) is 0 Å². The molecule has 0 bridgehead atoms. The van der Waals surface area contributed by atoms with Gasteiger partial charge in [0.2, 0.25) is 0 Å². The Kier molecular flexibility index (Phi) is 2.20. The van der Waals surface area contributed by atoms with E-state index in [-0.39, 0.29) is 0 Å². The molecule has 2 heteroatoms. The summed E-state index contributed by atoms with van der Waals surface area (Å²) in [6, 6.07) is 4.43. The minimum Gasteiger partial charge on any atom is -0.317 e. The van der Waals surface area contributed by atoms with Gasteiger partial charge in [-0.3, -0.25) is 0 Å². The van der Waals surface area contributed by atoms with Gasteiger partial charge in [-0.15, -0.1) is 11.3 Å². The molecule has 1 fully saturated rings. The van der Waals surface area contributed by atoms with Crippen LogP contribution in [-0.4, -0.2) is 13.1 Å². The van der Waals surface area contributed by atoms with Crippen molar-refractivity contribution in [1.29, 1.82) is 0 Å². The van der Waals surface area contributed by atoms with Crippen LogP contribution in [0.1, 0.15) is 24.6 Å². The SMILES string of the molecule is CC1(c2cccs2)CCNCC1. The van der Waals surface area contributed by atoms with Gasteiger partial charge in [-0.2, -0.15) is 0 Å². The van der Waals surface area contributed by atoms with Crippen LogP contribution in [0, 0.1) is 0 Å². The van der Waals surface area contributed by atoms with E-state index >= 15 is 0 Å². The lowest BCUT2D eigenvalue weighted by atomic mass is 9.80. The number of hydrogen-bond donors (Lipinski definition) is 1. The van der Waals surface area contributed by atoms with E-state index in [1.54, 1.807) is 4.88 Å². The minimum absolute atomic E-state index is 0.458. The van der Waals surface area contributed by atoms with E-state index in [0.29, 0.717) is 5.41 Å². The summed E-state index contributed by atoms with van der Waals surface area (Å²) < 4.78 is 0. The molecule has 0 aliphatic carbocycles. The molecule has 1 N–H and O–H groups in total. The predicted octanol–water partition coefficient (Wildman–Crippen LogP) is 2.39. The van der Waals surface area contributed by atoms with E-state index < -0.39 is 0 Å². The Labute approximate surface area is 77.8 Å². The van der Waals surface area contributed by atoms with Crippen LogP contribution in [0.5, 0.6) is 0 Å². The highest BCUT2D eigenvalue weighted by Crippen LogP contribution is 2.35. The van der Waals surface area contributed by atoms with E-state index in [9.17, 15) is 0 Å². The van der Waals surface area contributed by atoms with Crippen molar-refractivity contribution in [1.82, 2.24) is 5.32 Å². The number of piperidine rings is 1. The second-order valence-corrected chi connectivity index (χ2v) is 4.74. The molecule has 1 aliphatic heterocycles. The van der Waals surface area contributed by atoms with E-state index in [0.717, 1.165) is 0 Å². The smallest absolute Gasteiger partial charge is 0.0105 e. The monoisotopic (exact) mass is 181 g/mol. The molecule has 12 heavy (non-hydrogen) atoms. The summed E-state index contributed by atoms with van der Waals surface area (Å²) in [5, 5.41) is 5.59. The highest BCUT2D eigenvalue weighted by molar-refractivity contribution is 7.10. The second-order valence-electron chi connectivity index (χ2n) is 3.79. The highest BCUT2D eigenvalue weighted by Gasteiger charge is 2.29. The van der Waals surface area contributed by atoms with Crippen molar-refractivity contribution in [2.24, 2.45) is 0 Å². The molecule has 0 aromatic carbocycles. The van der Waals surface area contributed by atoms with Gasteiger partial charge in [0.1, 0.15) is 0 Å². The largest absolute Gasteiger partial charge is 0.317 e. The first kappa shape index (κ1) is 8.27. The molecule has 0 atom stereocenters. The lowest BCUT2D eigenvalue weighted by molar-refractivity contribution is 0.341. The van der Waals surface area contributed by atoms with Crippen LogP contribution in [0.3, 0.4) is 0 Å². The summed E-state index contributed by atoms with van der Waals surface area (Å²) in [5.74, 6) is 0. The number of hydrogen-bond acceptors (Lipinski definition) is 2. The van der Waals surface area contributed by atoms with Crippen LogP contribution in [0.2, 0.25) is 0 Å². The maximum atomic E-state index is 3.41. The Morgan fingerprint density at radius 2 is 2.17 bits per heavy atom. The average Bonchev–Trinajstić information content (AvgIpc) is 2.58. The van der Waals surface area contributed by atoms with Gasteiger partial charge in [-0.1, -0.05) is 13.0 Å². The van der Waals surface area contributed by atoms with Crippen LogP contribution in [-0.2, 0) is 5.41 Å². The first-order chi connectivity index (χ1) is 5.81. The third-order valence-electron chi connectivity index (χ3n) is 2.82. The van der Waals surface area contributed by atoms with Gasteiger partial charge in [0.15, 0.2) is 0 Å². The fourth-order valence-electron chi connectivity index (χ4n) is 1.85. The maximum Gasteiger partial charge on any atom is 0.0105 e. The lowest BCUT2D eigenvalue weighted by Crippen LogP contribution is -2.37. The molecule has 0 amide bonds. The van der Waals surface area contributed by atoms with Crippen molar-refractivity contribution in [2.75, 3.05) is 13.1 Å². The molecule has 2 rings (SSSR count). The zero-order valence-electron chi connectivity index (χ0n) is 7.47. The zero-order valence-corrected chi connectivity index (χ0v) is 8.29. The van der Waals surface area contributed by atoms with Crippen LogP contribution < -0.4 is 5.32 Å². The van der Waals surface area contributed by atoms with Crippen molar-refractivity contribution >= 4 is 11.3 Å². The van der Waals surface area contributed by atoms with E-state index in [4.69, 9.17) is 0 Å². The molecular weight excluding hydrogens is 166 g/mol. The first-order valence-corrected chi connectivity index (χ1v) is 5.44. The van der Waals surface area contributed by atoms with E-state index in [2.05, 4.69) is 29.8 Å². The third-order valence-corrected chi connectivity index (χ3v) is 4.00. The van der Waals surface area contributed by atoms with E-state index in [1.807, 2.05) is 11.3 Å². The topological polar surface area (TPSA) is 12.0 Å². The van der Waals surface area contributed by atoms with Gasteiger partial charge >= 0.3 is 0 Å². The van der Waals surface area contributed by atoms with Crippen molar-refractivity contribution in [3.05, 3.63) is 22.4 Å². The number of thiophene rings is 1. The van der Waals surface area contributed by atoms with Gasteiger partial charge in [-0.25, -0.2) is 0 Å². The summed E-state index contributed by atoms with van der Waals surface area (Å²) in [4.78, 5) is 1.56. The van der Waals surface area contributed by atoms with Gasteiger partial charge in [0.05, 0.1) is 0 Å². The van der Waals surface area contributed by atoms with Gasteiger partial charge in [-0.05, 0) is 37.4 Å². The van der Waals surface area contributed by atoms with Crippen molar-refractivity contribution in [2.45, 2.75) is 25.2 Å². The molecule has 1 aromatic rings. The van der Waals surface area contributed by atoms with Crippen LogP contribution in [0.25, 0.3) is 0 Å². The predicted molar refractivity (Wildman–Crippen MR) is 53.8 cm³/mol. The standard InChI is InChI=1S/C10H15NS/c1-10(4-6-11-7-5-10)9-3-2-8-12-9/h2-3,8,11H,4-7H2,1H3. The Balaban J connectivity index is 2.19. The maximum absolute atomic E-state index is 3.41. The molecule has 1 aromatic heterocycles.